The maximum atomic E-state index is 12.4. The molecule has 1 aliphatic heterocycles. The zero-order chi connectivity index (χ0) is 19.8. The minimum Gasteiger partial charge on any atom is -0.366 e. The van der Waals surface area contributed by atoms with Gasteiger partial charge < -0.3 is 15.1 Å². The molecule has 1 heterocycles. The van der Waals surface area contributed by atoms with Gasteiger partial charge in [-0.3, -0.25) is 14.9 Å². The second-order valence-corrected chi connectivity index (χ2v) is 7.26. The van der Waals surface area contributed by atoms with Crippen LogP contribution in [0.15, 0.2) is 18.2 Å². The SMILES string of the molecule is CCN(CC)CCCNC(=O)C1CCN(c2ccc(Cl)cc2[N+](=O)[O-])CC1. The number of anilines is 1. The molecule has 0 spiro atoms. The minimum atomic E-state index is -0.407. The van der Waals surface area contributed by atoms with E-state index in [1.807, 2.05) is 4.90 Å². The van der Waals surface area contributed by atoms with Gasteiger partial charge in [0.1, 0.15) is 5.69 Å². The predicted molar refractivity (Wildman–Crippen MR) is 108 cm³/mol. The highest BCUT2D eigenvalue weighted by Crippen LogP contribution is 2.33. The van der Waals surface area contributed by atoms with Crippen molar-refractivity contribution in [3.8, 4) is 0 Å². The third-order valence-electron chi connectivity index (χ3n) is 5.19. The Morgan fingerprint density at radius 1 is 1.33 bits per heavy atom. The zero-order valence-electron chi connectivity index (χ0n) is 16.1. The van der Waals surface area contributed by atoms with Gasteiger partial charge in [-0.05, 0) is 51.0 Å². The lowest BCUT2D eigenvalue weighted by molar-refractivity contribution is -0.384. The van der Waals surface area contributed by atoms with E-state index in [0.29, 0.717) is 43.2 Å². The summed E-state index contributed by atoms with van der Waals surface area (Å²) < 4.78 is 0. The largest absolute Gasteiger partial charge is 0.366 e. The van der Waals surface area contributed by atoms with Crippen molar-refractivity contribution in [2.75, 3.05) is 44.2 Å². The van der Waals surface area contributed by atoms with Crippen molar-refractivity contribution >= 4 is 28.9 Å². The lowest BCUT2D eigenvalue weighted by atomic mass is 9.95. The number of nitro groups is 1. The van der Waals surface area contributed by atoms with Gasteiger partial charge in [0, 0.05) is 36.6 Å². The summed E-state index contributed by atoms with van der Waals surface area (Å²) in [5.74, 6) is 0.0702. The maximum absolute atomic E-state index is 12.4. The molecule has 1 N–H and O–H groups in total. The van der Waals surface area contributed by atoms with Crippen molar-refractivity contribution in [2.24, 2.45) is 5.92 Å². The highest BCUT2D eigenvalue weighted by Gasteiger charge is 2.28. The molecule has 8 heteroatoms. The molecular formula is C19H29ClN4O3. The smallest absolute Gasteiger partial charge is 0.294 e. The molecule has 1 fully saturated rings. The van der Waals surface area contributed by atoms with Gasteiger partial charge in [0.05, 0.1) is 4.92 Å². The van der Waals surface area contributed by atoms with Crippen LogP contribution in [0.5, 0.6) is 0 Å². The summed E-state index contributed by atoms with van der Waals surface area (Å²) in [6, 6.07) is 4.73. The van der Waals surface area contributed by atoms with Crippen molar-refractivity contribution < 1.29 is 9.72 Å². The molecule has 27 heavy (non-hydrogen) atoms. The predicted octanol–water partition coefficient (Wildman–Crippen LogP) is 3.31. The quantitative estimate of drug-likeness (QED) is 0.393. The van der Waals surface area contributed by atoms with Crippen LogP contribution in [-0.4, -0.2) is 55.0 Å². The van der Waals surface area contributed by atoms with Gasteiger partial charge in [0.15, 0.2) is 0 Å². The monoisotopic (exact) mass is 396 g/mol. The first-order chi connectivity index (χ1) is 13.0. The van der Waals surface area contributed by atoms with Gasteiger partial charge in [-0.2, -0.15) is 0 Å². The molecule has 1 aliphatic rings. The first-order valence-electron chi connectivity index (χ1n) is 9.65. The van der Waals surface area contributed by atoms with Crippen molar-refractivity contribution in [1.29, 1.82) is 0 Å². The van der Waals surface area contributed by atoms with Gasteiger partial charge in [0.2, 0.25) is 5.91 Å². The van der Waals surface area contributed by atoms with Crippen molar-refractivity contribution in [2.45, 2.75) is 33.1 Å². The highest BCUT2D eigenvalue weighted by atomic mass is 35.5. The number of hydrogen-bond acceptors (Lipinski definition) is 5. The fraction of sp³-hybridized carbons (Fsp3) is 0.632. The van der Waals surface area contributed by atoms with E-state index in [2.05, 4.69) is 24.1 Å². The van der Waals surface area contributed by atoms with Crippen LogP contribution in [0.2, 0.25) is 5.02 Å². The Kier molecular flexibility index (Phi) is 8.31. The number of carbonyl (C=O) groups is 1. The molecule has 0 saturated carbocycles. The number of nitro benzene ring substituents is 1. The minimum absolute atomic E-state index is 0.0156. The lowest BCUT2D eigenvalue weighted by Gasteiger charge is -2.32. The second-order valence-electron chi connectivity index (χ2n) is 6.82. The van der Waals surface area contributed by atoms with Crippen molar-refractivity contribution in [1.82, 2.24) is 10.2 Å². The van der Waals surface area contributed by atoms with Crippen LogP contribution in [0, 0.1) is 16.0 Å². The van der Waals surface area contributed by atoms with Crippen LogP contribution < -0.4 is 10.2 Å². The van der Waals surface area contributed by atoms with Crippen LogP contribution in [0.3, 0.4) is 0 Å². The first kappa shape index (κ1) is 21.4. The molecule has 0 radical (unpaired) electrons. The number of hydrogen-bond donors (Lipinski definition) is 1. The Morgan fingerprint density at radius 3 is 2.59 bits per heavy atom. The highest BCUT2D eigenvalue weighted by molar-refractivity contribution is 6.30. The van der Waals surface area contributed by atoms with Gasteiger partial charge in [0.25, 0.3) is 5.69 Å². The Labute approximate surface area is 165 Å². The van der Waals surface area contributed by atoms with Gasteiger partial charge in [-0.1, -0.05) is 25.4 Å². The molecule has 0 unspecified atom stereocenters. The number of nitrogens with zero attached hydrogens (tertiary/aromatic N) is 3. The molecule has 1 aromatic rings. The van der Waals surface area contributed by atoms with E-state index >= 15 is 0 Å². The van der Waals surface area contributed by atoms with E-state index in [1.165, 1.54) is 6.07 Å². The lowest BCUT2D eigenvalue weighted by Crippen LogP contribution is -2.41. The molecule has 0 aromatic heterocycles. The summed E-state index contributed by atoms with van der Waals surface area (Å²) in [5, 5.41) is 14.7. The Morgan fingerprint density at radius 2 is 2.00 bits per heavy atom. The topological polar surface area (TPSA) is 78.7 Å². The van der Waals surface area contributed by atoms with Crippen molar-refractivity contribution in [3.63, 3.8) is 0 Å². The summed E-state index contributed by atoms with van der Waals surface area (Å²) in [7, 11) is 0. The van der Waals surface area contributed by atoms with E-state index in [4.69, 9.17) is 11.6 Å². The number of benzene rings is 1. The number of carbonyl (C=O) groups excluding carboxylic acids is 1. The average Bonchev–Trinajstić information content (AvgIpc) is 2.68. The molecule has 1 amide bonds. The normalized spacial score (nSPS) is 15.2. The third kappa shape index (κ3) is 6.07. The van der Waals surface area contributed by atoms with Gasteiger partial charge in [-0.15, -0.1) is 0 Å². The summed E-state index contributed by atoms with van der Waals surface area (Å²) >= 11 is 5.88. The molecule has 1 saturated heterocycles. The molecule has 150 valence electrons. The van der Waals surface area contributed by atoms with Crippen LogP contribution in [0.25, 0.3) is 0 Å². The molecule has 2 rings (SSSR count). The van der Waals surface area contributed by atoms with E-state index < -0.39 is 4.92 Å². The Bertz CT molecular complexity index is 644. The number of halogens is 1. The molecule has 1 aromatic carbocycles. The van der Waals surface area contributed by atoms with Crippen LogP contribution in [0.4, 0.5) is 11.4 Å². The zero-order valence-corrected chi connectivity index (χ0v) is 16.9. The summed E-state index contributed by atoms with van der Waals surface area (Å²) in [4.78, 5) is 27.6. The van der Waals surface area contributed by atoms with Gasteiger partial charge >= 0.3 is 0 Å². The Hall–Kier alpha value is -1.86. The van der Waals surface area contributed by atoms with Crippen molar-refractivity contribution in [3.05, 3.63) is 33.3 Å². The average molecular weight is 397 g/mol. The van der Waals surface area contributed by atoms with Crippen LogP contribution in [-0.2, 0) is 4.79 Å². The second kappa shape index (κ2) is 10.5. The molecule has 7 nitrogen and oxygen atoms in total. The molecular weight excluding hydrogens is 368 g/mol. The molecule has 0 aliphatic carbocycles. The Balaban J connectivity index is 1.81. The maximum Gasteiger partial charge on any atom is 0.294 e. The number of piperidine rings is 1. The third-order valence-corrected chi connectivity index (χ3v) is 5.42. The van der Waals surface area contributed by atoms with E-state index in [-0.39, 0.29) is 17.5 Å². The van der Waals surface area contributed by atoms with Gasteiger partial charge in [-0.25, -0.2) is 0 Å². The summed E-state index contributed by atoms with van der Waals surface area (Å²) in [6.07, 6.45) is 2.34. The number of rotatable bonds is 9. The molecule has 0 atom stereocenters. The number of amides is 1. The van der Waals surface area contributed by atoms with Crippen LogP contribution >= 0.6 is 11.6 Å². The van der Waals surface area contributed by atoms with E-state index in [0.717, 1.165) is 26.1 Å². The standard InChI is InChI=1S/C19H29ClN4O3/c1-3-22(4-2)11-5-10-21-19(25)15-8-12-23(13-9-15)17-7-6-16(20)14-18(17)24(26)27/h6-7,14-15H,3-5,8-13H2,1-2H3,(H,21,25). The first-order valence-corrected chi connectivity index (χ1v) is 10.0. The fourth-order valence-corrected chi connectivity index (χ4v) is 3.66. The number of nitrogens with one attached hydrogen (secondary N) is 1. The van der Waals surface area contributed by atoms with E-state index in [9.17, 15) is 14.9 Å². The molecule has 0 bridgehead atoms. The van der Waals surface area contributed by atoms with E-state index in [1.54, 1.807) is 12.1 Å². The fourth-order valence-electron chi connectivity index (χ4n) is 3.49. The summed E-state index contributed by atoms with van der Waals surface area (Å²) in [6.45, 7) is 9.27. The summed E-state index contributed by atoms with van der Waals surface area (Å²) in [5.41, 5.74) is 0.587. The van der Waals surface area contributed by atoms with Crippen LogP contribution in [0.1, 0.15) is 33.1 Å².